The number of hydrogen-bond acceptors (Lipinski definition) is 5. The summed E-state index contributed by atoms with van der Waals surface area (Å²) in [4.78, 5) is 2.46. The summed E-state index contributed by atoms with van der Waals surface area (Å²) in [5.74, 6) is 4.63. The Balaban J connectivity index is 1.43. The van der Waals surface area contributed by atoms with E-state index in [1.54, 1.807) is 0 Å². The molecule has 0 unspecified atom stereocenters. The fourth-order valence-corrected chi connectivity index (χ4v) is 3.25. The first-order chi connectivity index (χ1) is 11.2. The van der Waals surface area contributed by atoms with Crippen molar-refractivity contribution in [1.82, 2.24) is 25.1 Å². The summed E-state index contributed by atoms with van der Waals surface area (Å²) < 4.78 is 8.01. The van der Waals surface area contributed by atoms with Gasteiger partial charge in [0.1, 0.15) is 11.5 Å². The van der Waals surface area contributed by atoms with E-state index < -0.39 is 0 Å². The molecular weight excluding hydrogens is 290 g/mol. The summed E-state index contributed by atoms with van der Waals surface area (Å²) in [5.41, 5.74) is 0. The van der Waals surface area contributed by atoms with Crippen LogP contribution in [0.3, 0.4) is 0 Å². The quantitative estimate of drug-likeness (QED) is 0.749. The molecule has 6 heteroatoms. The van der Waals surface area contributed by atoms with E-state index in [1.807, 2.05) is 4.68 Å². The van der Waals surface area contributed by atoms with Crippen LogP contribution in [0, 0.1) is 5.92 Å². The lowest BCUT2D eigenvalue weighted by Gasteiger charge is -2.20. The molecule has 2 aliphatic carbocycles. The maximum absolute atomic E-state index is 6.08. The van der Waals surface area contributed by atoms with Gasteiger partial charge in [0.25, 0.3) is 0 Å². The van der Waals surface area contributed by atoms with Gasteiger partial charge in [-0.15, -0.1) is 5.10 Å². The lowest BCUT2D eigenvalue weighted by molar-refractivity contribution is 0.213. The predicted molar refractivity (Wildman–Crippen MR) is 85.6 cm³/mol. The molecule has 0 saturated heterocycles. The third-order valence-corrected chi connectivity index (χ3v) is 4.97. The average molecular weight is 315 g/mol. The molecule has 2 heterocycles. The number of hydrogen-bond donors (Lipinski definition) is 0. The van der Waals surface area contributed by atoms with Gasteiger partial charge in [0.05, 0.1) is 13.1 Å². The molecule has 0 radical (unpaired) electrons. The van der Waals surface area contributed by atoms with E-state index in [9.17, 15) is 0 Å². The van der Waals surface area contributed by atoms with Gasteiger partial charge in [-0.25, -0.2) is 4.68 Å². The van der Waals surface area contributed by atoms with Crippen molar-refractivity contribution in [3.63, 3.8) is 0 Å². The average Bonchev–Trinajstić information content (AvgIpc) is 3.42. The summed E-state index contributed by atoms with van der Waals surface area (Å²) in [5, 5.41) is 12.1. The van der Waals surface area contributed by atoms with Crippen LogP contribution in [0.15, 0.2) is 16.5 Å². The Morgan fingerprint density at radius 2 is 2.13 bits per heavy atom. The molecule has 6 nitrogen and oxygen atoms in total. The van der Waals surface area contributed by atoms with Gasteiger partial charge in [-0.2, -0.15) is 0 Å². The maximum Gasteiger partial charge on any atom is 0.165 e. The highest BCUT2D eigenvalue weighted by Crippen LogP contribution is 2.47. The first-order valence-electron chi connectivity index (χ1n) is 8.82. The summed E-state index contributed by atoms with van der Waals surface area (Å²) >= 11 is 0. The van der Waals surface area contributed by atoms with Gasteiger partial charge >= 0.3 is 0 Å². The van der Waals surface area contributed by atoms with Gasteiger partial charge in [-0.1, -0.05) is 13.8 Å². The molecule has 2 aromatic rings. The zero-order valence-corrected chi connectivity index (χ0v) is 14.0. The molecular formula is C17H25N5O. The van der Waals surface area contributed by atoms with Gasteiger partial charge in [0.15, 0.2) is 5.82 Å². The van der Waals surface area contributed by atoms with Crippen LogP contribution in [-0.2, 0) is 19.6 Å². The standard InChI is InChI=1S/C17H25N5O/c1-3-8-22-17(18-19-20-22)11-21(13-4-5-13)10-14-6-7-16(23-14)15-9-12(15)2/h6-7,12-13,15H,3-5,8-11H2,1-2H3/t12-,15+/m0/s1. The Hall–Kier alpha value is -1.69. The Morgan fingerprint density at radius 3 is 2.83 bits per heavy atom. The number of nitrogens with zero attached hydrogens (tertiary/aromatic N) is 5. The largest absolute Gasteiger partial charge is 0.464 e. The number of aryl methyl sites for hydroxylation is 1. The van der Waals surface area contributed by atoms with Crippen LogP contribution in [0.1, 0.15) is 62.8 Å². The Labute approximate surface area is 136 Å². The van der Waals surface area contributed by atoms with Crippen LogP contribution in [0.2, 0.25) is 0 Å². The zero-order valence-electron chi connectivity index (χ0n) is 14.0. The molecule has 124 valence electrons. The molecule has 23 heavy (non-hydrogen) atoms. The first-order valence-corrected chi connectivity index (χ1v) is 8.82. The van der Waals surface area contributed by atoms with Gasteiger partial charge in [0.2, 0.25) is 0 Å². The zero-order chi connectivity index (χ0) is 15.8. The normalized spacial score (nSPS) is 23.6. The van der Waals surface area contributed by atoms with E-state index in [0.717, 1.165) is 43.6 Å². The first kappa shape index (κ1) is 14.9. The molecule has 2 aliphatic rings. The van der Waals surface area contributed by atoms with Crippen LogP contribution < -0.4 is 0 Å². The van der Waals surface area contributed by atoms with Crippen molar-refractivity contribution in [2.45, 2.75) is 71.1 Å². The summed E-state index contributed by atoms with van der Waals surface area (Å²) in [6, 6.07) is 4.95. The van der Waals surface area contributed by atoms with E-state index >= 15 is 0 Å². The van der Waals surface area contributed by atoms with E-state index in [4.69, 9.17) is 4.42 Å². The lowest BCUT2D eigenvalue weighted by Crippen LogP contribution is -2.27. The minimum absolute atomic E-state index is 0.648. The third-order valence-electron chi connectivity index (χ3n) is 4.97. The van der Waals surface area contributed by atoms with Crippen molar-refractivity contribution in [2.24, 2.45) is 5.92 Å². The Kier molecular flexibility index (Phi) is 3.93. The molecule has 0 amide bonds. The highest BCUT2D eigenvalue weighted by Gasteiger charge is 2.37. The highest BCUT2D eigenvalue weighted by molar-refractivity contribution is 5.17. The van der Waals surface area contributed by atoms with E-state index in [0.29, 0.717) is 12.0 Å². The second-order valence-corrected chi connectivity index (χ2v) is 7.08. The molecule has 2 fully saturated rings. The third kappa shape index (κ3) is 3.32. The van der Waals surface area contributed by atoms with Crippen LogP contribution in [-0.4, -0.2) is 31.1 Å². The summed E-state index contributed by atoms with van der Waals surface area (Å²) in [6.07, 6.45) is 4.85. The second kappa shape index (κ2) is 6.07. The van der Waals surface area contributed by atoms with Gasteiger partial charge in [-0.3, -0.25) is 4.90 Å². The maximum atomic E-state index is 6.08. The SMILES string of the molecule is CCCn1nnnc1CN(Cc1ccc([C@@H]2C[C@@H]2C)o1)C1CC1. The van der Waals surface area contributed by atoms with Crippen LogP contribution >= 0.6 is 0 Å². The molecule has 0 spiro atoms. The topological polar surface area (TPSA) is 60.0 Å². The highest BCUT2D eigenvalue weighted by atomic mass is 16.3. The number of tetrazole rings is 1. The fourth-order valence-electron chi connectivity index (χ4n) is 3.25. The smallest absolute Gasteiger partial charge is 0.165 e. The monoisotopic (exact) mass is 315 g/mol. The van der Waals surface area contributed by atoms with Crippen LogP contribution in [0.5, 0.6) is 0 Å². The Bertz CT molecular complexity index is 659. The minimum Gasteiger partial charge on any atom is -0.464 e. The number of rotatable bonds is 8. The van der Waals surface area contributed by atoms with E-state index in [1.165, 1.54) is 25.0 Å². The molecule has 0 N–H and O–H groups in total. The molecule has 4 rings (SSSR count). The predicted octanol–water partition coefficient (Wildman–Crippen LogP) is 2.96. The van der Waals surface area contributed by atoms with E-state index in [2.05, 4.69) is 46.4 Å². The molecule has 2 saturated carbocycles. The van der Waals surface area contributed by atoms with Crippen molar-refractivity contribution >= 4 is 0 Å². The van der Waals surface area contributed by atoms with Crippen molar-refractivity contribution in [1.29, 1.82) is 0 Å². The number of furan rings is 1. The number of aromatic nitrogens is 4. The Morgan fingerprint density at radius 1 is 1.30 bits per heavy atom. The van der Waals surface area contributed by atoms with Gasteiger partial charge in [0, 0.05) is 18.5 Å². The van der Waals surface area contributed by atoms with Crippen molar-refractivity contribution in [2.75, 3.05) is 0 Å². The summed E-state index contributed by atoms with van der Waals surface area (Å²) in [6.45, 7) is 6.97. The summed E-state index contributed by atoms with van der Waals surface area (Å²) in [7, 11) is 0. The minimum atomic E-state index is 0.648. The molecule has 0 aromatic carbocycles. The van der Waals surface area contributed by atoms with E-state index in [-0.39, 0.29) is 0 Å². The molecule has 0 aliphatic heterocycles. The van der Waals surface area contributed by atoms with Gasteiger partial charge in [-0.05, 0) is 54.2 Å². The van der Waals surface area contributed by atoms with Crippen LogP contribution in [0.4, 0.5) is 0 Å². The lowest BCUT2D eigenvalue weighted by atomic mass is 10.3. The molecule has 0 bridgehead atoms. The second-order valence-electron chi connectivity index (χ2n) is 7.08. The fraction of sp³-hybridized carbons (Fsp3) is 0.706. The molecule has 2 atom stereocenters. The van der Waals surface area contributed by atoms with Crippen molar-refractivity contribution < 1.29 is 4.42 Å². The van der Waals surface area contributed by atoms with Gasteiger partial charge < -0.3 is 4.42 Å². The van der Waals surface area contributed by atoms with Crippen molar-refractivity contribution in [3.8, 4) is 0 Å². The van der Waals surface area contributed by atoms with Crippen molar-refractivity contribution in [3.05, 3.63) is 29.5 Å². The molecule has 2 aromatic heterocycles. The van der Waals surface area contributed by atoms with Crippen LogP contribution in [0.25, 0.3) is 0 Å².